The topological polar surface area (TPSA) is 55.1 Å². The molecule has 0 spiro atoms. The molecule has 0 bridgehead atoms. The highest BCUT2D eigenvalue weighted by Crippen LogP contribution is 2.32. The smallest absolute Gasteiger partial charge is 0.227 e. The van der Waals surface area contributed by atoms with E-state index >= 15 is 0 Å². The van der Waals surface area contributed by atoms with Crippen molar-refractivity contribution in [2.75, 3.05) is 11.9 Å². The van der Waals surface area contributed by atoms with Crippen LogP contribution < -0.4 is 11.1 Å². The van der Waals surface area contributed by atoms with Gasteiger partial charge >= 0.3 is 0 Å². The fraction of sp³-hybridized carbons (Fsp3) is 0.471. The molecule has 1 aromatic rings. The summed E-state index contributed by atoms with van der Waals surface area (Å²) in [5.74, 6) is 6.66. The molecule has 2 rings (SSSR count). The van der Waals surface area contributed by atoms with Crippen molar-refractivity contribution >= 4 is 11.6 Å². The minimum absolute atomic E-state index is 0.136. The first kappa shape index (κ1) is 14.6. The van der Waals surface area contributed by atoms with Crippen LogP contribution in [0.4, 0.5) is 5.69 Å². The van der Waals surface area contributed by atoms with E-state index in [1.165, 1.54) is 0 Å². The van der Waals surface area contributed by atoms with Crippen molar-refractivity contribution in [3.05, 3.63) is 29.3 Å². The molecule has 1 fully saturated rings. The summed E-state index contributed by atoms with van der Waals surface area (Å²) in [4.78, 5) is 12.3. The Bertz CT molecular complexity index is 554. The highest BCUT2D eigenvalue weighted by molar-refractivity contribution is 5.93. The van der Waals surface area contributed by atoms with Gasteiger partial charge in [0.1, 0.15) is 0 Å². The molecule has 0 aromatic heterocycles. The van der Waals surface area contributed by atoms with Crippen LogP contribution in [0.1, 0.15) is 37.3 Å². The van der Waals surface area contributed by atoms with Gasteiger partial charge in [-0.25, -0.2) is 0 Å². The van der Waals surface area contributed by atoms with E-state index in [-0.39, 0.29) is 11.8 Å². The summed E-state index contributed by atoms with van der Waals surface area (Å²) in [6.45, 7) is 4.51. The molecular weight excluding hydrogens is 248 g/mol. The van der Waals surface area contributed by atoms with Crippen LogP contribution >= 0.6 is 0 Å². The number of anilines is 1. The summed E-state index contributed by atoms with van der Waals surface area (Å²) in [6.07, 6.45) is 3.30. The Balaban J connectivity index is 2.11. The Morgan fingerprint density at radius 2 is 2.25 bits per heavy atom. The number of hydrogen-bond acceptors (Lipinski definition) is 2. The quantitative estimate of drug-likeness (QED) is 0.812. The third-order valence-corrected chi connectivity index (χ3v) is 4.03. The van der Waals surface area contributed by atoms with E-state index in [1.807, 2.05) is 25.1 Å². The molecule has 1 aliphatic carbocycles. The molecule has 1 aromatic carbocycles. The molecule has 0 heterocycles. The standard InChI is InChI=1S/C17H22N2O/c1-12-8-9-15(11-14(12)6-4-10-18)19-17(20)16-7-3-5-13(16)2/h8-9,11,13,16H,3,5,7,10,18H2,1-2H3,(H,19,20). The average Bonchev–Trinajstić information content (AvgIpc) is 2.85. The van der Waals surface area contributed by atoms with Gasteiger partial charge < -0.3 is 11.1 Å². The van der Waals surface area contributed by atoms with E-state index < -0.39 is 0 Å². The summed E-state index contributed by atoms with van der Waals surface area (Å²) in [7, 11) is 0. The van der Waals surface area contributed by atoms with Crippen LogP contribution in [0.25, 0.3) is 0 Å². The lowest BCUT2D eigenvalue weighted by Crippen LogP contribution is -2.24. The van der Waals surface area contributed by atoms with Crippen molar-refractivity contribution in [1.29, 1.82) is 0 Å². The second-order valence-electron chi connectivity index (χ2n) is 5.54. The number of nitrogens with two attached hydrogens (primary N) is 1. The van der Waals surface area contributed by atoms with Crippen molar-refractivity contribution in [2.24, 2.45) is 17.6 Å². The van der Waals surface area contributed by atoms with Crippen molar-refractivity contribution < 1.29 is 4.79 Å². The van der Waals surface area contributed by atoms with Crippen molar-refractivity contribution in [2.45, 2.75) is 33.1 Å². The molecule has 1 amide bonds. The van der Waals surface area contributed by atoms with Crippen LogP contribution in [0.5, 0.6) is 0 Å². The van der Waals surface area contributed by atoms with Gasteiger partial charge in [0.2, 0.25) is 5.91 Å². The maximum Gasteiger partial charge on any atom is 0.227 e. The molecule has 0 saturated heterocycles. The Morgan fingerprint density at radius 3 is 2.90 bits per heavy atom. The fourth-order valence-electron chi connectivity index (χ4n) is 2.75. The highest BCUT2D eigenvalue weighted by Gasteiger charge is 2.29. The molecule has 0 aliphatic heterocycles. The molecule has 3 N–H and O–H groups in total. The highest BCUT2D eigenvalue weighted by atomic mass is 16.1. The zero-order chi connectivity index (χ0) is 14.5. The fourth-order valence-corrected chi connectivity index (χ4v) is 2.75. The summed E-state index contributed by atoms with van der Waals surface area (Å²) in [5, 5.41) is 3.02. The lowest BCUT2D eigenvalue weighted by atomic mass is 9.97. The number of benzene rings is 1. The summed E-state index contributed by atoms with van der Waals surface area (Å²) in [5.41, 5.74) is 8.24. The Labute approximate surface area is 120 Å². The van der Waals surface area contributed by atoms with Gasteiger partial charge in [-0.3, -0.25) is 4.79 Å². The molecule has 0 radical (unpaired) electrons. The van der Waals surface area contributed by atoms with Gasteiger partial charge in [0.25, 0.3) is 0 Å². The van der Waals surface area contributed by atoms with E-state index in [4.69, 9.17) is 5.73 Å². The van der Waals surface area contributed by atoms with Crippen molar-refractivity contribution in [1.82, 2.24) is 0 Å². The average molecular weight is 270 g/mol. The second kappa shape index (κ2) is 6.58. The molecule has 106 valence electrons. The van der Waals surface area contributed by atoms with E-state index in [1.54, 1.807) is 0 Å². The first-order chi connectivity index (χ1) is 9.61. The van der Waals surface area contributed by atoms with E-state index in [2.05, 4.69) is 24.1 Å². The van der Waals surface area contributed by atoms with Gasteiger partial charge in [-0.15, -0.1) is 0 Å². The second-order valence-corrected chi connectivity index (χ2v) is 5.54. The number of aryl methyl sites for hydroxylation is 1. The SMILES string of the molecule is Cc1ccc(NC(=O)C2CCCC2C)cc1C#CCN. The van der Waals surface area contributed by atoms with Crippen LogP contribution in [0.2, 0.25) is 0 Å². The number of carbonyl (C=O) groups is 1. The summed E-state index contributed by atoms with van der Waals surface area (Å²) in [6, 6.07) is 5.84. The maximum absolute atomic E-state index is 12.3. The first-order valence-electron chi connectivity index (χ1n) is 7.22. The van der Waals surface area contributed by atoms with Gasteiger partial charge in [0, 0.05) is 17.2 Å². The third-order valence-electron chi connectivity index (χ3n) is 4.03. The molecule has 2 unspecified atom stereocenters. The number of rotatable bonds is 2. The number of carbonyl (C=O) groups excluding carboxylic acids is 1. The summed E-state index contributed by atoms with van der Waals surface area (Å²) >= 11 is 0. The molecule has 3 nitrogen and oxygen atoms in total. The zero-order valence-electron chi connectivity index (χ0n) is 12.2. The van der Waals surface area contributed by atoms with Crippen LogP contribution in [0.3, 0.4) is 0 Å². The van der Waals surface area contributed by atoms with Gasteiger partial charge in [0.05, 0.1) is 6.54 Å². The Morgan fingerprint density at radius 1 is 1.45 bits per heavy atom. The third kappa shape index (κ3) is 3.40. The zero-order valence-corrected chi connectivity index (χ0v) is 12.2. The molecule has 2 atom stereocenters. The van der Waals surface area contributed by atoms with E-state index in [0.717, 1.165) is 36.1 Å². The van der Waals surface area contributed by atoms with Crippen LogP contribution in [-0.4, -0.2) is 12.5 Å². The first-order valence-corrected chi connectivity index (χ1v) is 7.22. The molecular formula is C17H22N2O. The van der Waals surface area contributed by atoms with Gasteiger partial charge in [0.15, 0.2) is 0 Å². The van der Waals surface area contributed by atoms with Gasteiger partial charge in [-0.05, 0) is 43.4 Å². The minimum Gasteiger partial charge on any atom is -0.326 e. The van der Waals surface area contributed by atoms with E-state index in [9.17, 15) is 4.79 Å². The van der Waals surface area contributed by atoms with Gasteiger partial charge in [-0.2, -0.15) is 0 Å². The molecule has 3 heteroatoms. The van der Waals surface area contributed by atoms with Crippen molar-refractivity contribution in [3.8, 4) is 11.8 Å². The molecule has 20 heavy (non-hydrogen) atoms. The monoisotopic (exact) mass is 270 g/mol. The number of amides is 1. The lowest BCUT2D eigenvalue weighted by Gasteiger charge is -2.15. The predicted octanol–water partition coefficient (Wildman–Crippen LogP) is 2.68. The molecule has 1 saturated carbocycles. The predicted molar refractivity (Wildman–Crippen MR) is 82.2 cm³/mol. The maximum atomic E-state index is 12.3. The van der Waals surface area contributed by atoms with Crippen LogP contribution in [-0.2, 0) is 4.79 Å². The van der Waals surface area contributed by atoms with Crippen LogP contribution in [0, 0.1) is 30.6 Å². The lowest BCUT2D eigenvalue weighted by molar-refractivity contribution is -0.120. The Hall–Kier alpha value is -1.79. The molecule has 1 aliphatic rings. The summed E-state index contributed by atoms with van der Waals surface area (Å²) < 4.78 is 0. The van der Waals surface area contributed by atoms with Crippen molar-refractivity contribution in [3.63, 3.8) is 0 Å². The normalized spacial score (nSPS) is 21.1. The minimum atomic E-state index is 0.136. The number of nitrogens with one attached hydrogen (secondary N) is 1. The number of hydrogen-bond donors (Lipinski definition) is 2. The largest absolute Gasteiger partial charge is 0.326 e. The van der Waals surface area contributed by atoms with Gasteiger partial charge in [-0.1, -0.05) is 31.3 Å². The van der Waals surface area contributed by atoms with E-state index in [0.29, 0.717) is 12.5 Å². The van der Waals surface area contributed by atoms with Crippen LogP contribution in [0.15, 0.2) is 18.2 Å². The Kier molecular flexibility index (Phi) is 4.81.